The average Bonchev–Trinajstić information content (AvgIpc) is 3.66. The van der Waals surface area contributed by atoms with Crippen LogP contribution in [-0.2, 0) is 20.9 Å². The molecule has 3 aliphatic heterocycles. The minimum Gasteiger partial charge on any atom is -0.396 e. The lowest BCUT2D eigenvalue weighted by Crippen LogP contribution is -2.55. The van der Waals surface area contributed by atoms with Crippen molar-refractivity contribution < 1.29 is 19.5 Å². The van der Waals surface area contributed by atoms with E-state index in [9.17, 15) is 14.7 Å². The standard InChI is InChI=1S/C39H52N4O4S/c1-6-24-41(28-29-16-12-10-13-17-29)35(45)32-33-36(46)43(26-14-11-15-27-44)34(39(33)23-22-38(32,5)48-39)37(47)42(25-7-2)31-20-18-30(19-21-31)40(8-3)9-4/h6-7,10,12-13,16-21,32-34,44H,1-2,8-9,11,14-15,22-28H2,3-5H3/t32-,33+,34?,38+,39?/m1/s1. The molecule has 2 aromatic rings. The highest BCUT2D eigenvalue weighted by molar-refractivity contribution is 8.02. The molecule has 3 heterocycles. The number of rotatable bonds is 17. The zero-order valence-corrected chi connectivity index (χ0v) is 29.7. The largest absolute Gasteiger partial charge is 0.396 e. The van der Waals surface area contributed by atoms with Gasteiger partial charge >= 0.3 is 0 Å². The molecule has 2 bridgehead atoms. The molecule has 3 aliphatic rings. The van der Waals surface area contributed by atoms with Crippen LogP contribution in [0, 0.1) is 11.8 Å². The Morgan fingerprint density at radius 3 is 2.23 bits per heavy atom. The first-order chi connectivity index (χ1) is 23.2. The number of likely N-dealkylation sites (tertiary alicyclic amines) is 1. The van der Waals surface area contributed by atoms with E-state index in [0.29, 0.717) is 45.4 Å². The van der Waals surface area contributed by atoms with Crippen LogP contribution in [-0.4, -0.2) is 87.5 Å². The summed E-state index contributed by atoms with van der Waals surface area (Å²) < 4.78 is -1.18. The van der Waals surface area contributed by atoms with Gasteiger partial charge in [-0.15, -0.1) is 24.9 Å². The lowest BCUT2D eigenvalue weighted by Gasteiger charge is -2.38. The van der Waals surface area contributed by atoms with Crippen LogP contribution in [0.25, 0.3) is 0 Å². The molecule has 8 nitrogen and oxygen atoms in total. The Hall–Kier alpha value is -3.56. The second kappa shape index (κ2) is 15.3. The maximum atomic E-state index is 15.0. The van der Waals surface area contributed by atoms with Gasteiger partial charge < -0.3 is 24.7 Å². The number of anilines is 2. The lowest BCUT2D eigenvalue weighted by molar-refractivity contribution is -0.145. The van der Waals surface area contributed by atoms with Gasteiger partial charge in [-0.2, -0.15) is 0 Å². The Morgan fingerprint density at radius 2 is 1.60 bits per heavy atom. The molecule has 0 aliphatic carbocycles. The summed E-state index contributed by atoms with van der Waals surface area (Å²) in [6.45, 7) is 17.7. The van der Waals surface area contributed by atoms with Gasteiger partial charge in [0, 0.05) is 62.0 Å². The number of nitrogens with zero attached hydrogens (tertiary/aromatic N) is 4. The van der Waals surface area contributed by atoms with Gasteiger partial charge in [-0.1, -0.05) is 42.5 Å². The van der Waals surface area contributed by atoms with Gasteiger partial charge in [0.25, 0.3) is 5.91 Å². The fourth-order valence-corrected chi connectivity index (χ4v) is 10.7. The summed E-state index contributed by atoms with van der Waals surface area (Å²) in [6.07, 6.45) is 7.00. The number of unbranched alkanes of at least 4 members (excludes halogenated alkanes) is 2. The molecule has 3 saturated heterocycles. The first-order valence-corrected chi connectivity index (χ1v) is 18.3. The molecule has 0 aromatic heterocycles. The molecule has 2 aromatic carbocycles. The van der Waals surface area contributed by atoms with Gasteiger partial charge in [-0.3, -0.25) is 14.4 Å². The fraction of sp³-hybridized carbons (Fsp3) is 0.513. The number of carbonyl (C=O) groups is 3. The summed E-state index contributed by atoms with van der Waals surface area (Å²) in [5.74, 6) is -1.41. The number of fused-ring (bicyclic) bond motifs is 1. The molecule has 2 unspecified atom stereocenters. The molecule has 48 heavy (non-hydrogen) atoms. The molecular formula is C39H52N4O4S. The van der Waals surface area contributed by atoms with E-state index in [-0.39, 0.29) is 24.3 Å². The van der Waals surface area contributed by atoms with Crippen LogP contribution in [0.5, 0.6) is 0 Å². The predicted octanol–water partition coefficient (Wildman–Crippen LogP) is 5.91. The van der Waals surface area contributed by atoms with Gasteiger partial charge in [0.15, 0.2) is 0 Å². The third kappa shape index (κ3) is 6.56. The number of carbonyl (C=O) groups excluding carboxylic acids is 3. The van der Waals surface area contributed by atoms with Crippen molar-refractivity contribution in [3.8, 4) is 0 Å². The molecule has 3 fully saturated rings. The van der Waals surface area contributed by atoms with Crippen LogP contribution in [0.15, 0.2) is 79.9 Å². The third-order valence-electron chi connectivity index (χ3n) is 10.6. The summed E-state index contributed by atoms with van der Waals surface area (Å²) in [6, 6.07) is 17.3. The number of benzene rings is 2. The third-order valence-corrected chi connectivity index (χ3v) is 12.6. The molecular weight excluding hydrogens is 621 g/mol. The molecule has 9 heteroatoms. The average molecular weight is 673 g/mol. The molecule has 3 amide bonds. The fourth-order valence-electron chi connectivity index (χ4n) is 8.31. The Bertz CT molecular complexity index is 1460. The van der Waals surface area contributed by atoms with Crippen molar-refractivity contribution in [1.29, 1.82) is 0 Å². The van der Waals surface area contributed by atoms with Crippen LogP contribution in [0.2, 0.25) is 0 Å². The second-order valence-corrected chi connectivity index (χ2v) is 15.4. The highest BCUT2D eigenvalue weighted by atomic mass is 32.2. The van der Waals surface area contributed by atoms with Crippen LogP contribution in [0.1, 0.15) is 58.4 Å². The summed E-state index contributed by atoms with van der Waals surface area (Å²) in [7, 11) is 0. The van der Waals surface area contributed by atoms with E-state index >= 15 is 4.79 Å². The van der Waals surface area contributed by atoms with E-state index in [1.54, 1.807) is 33.7 Å². The maximum Gasteiger partial charge on any atom is 0.251 e. The van der Waals surface area contributed by atoms with Crippen molar-refractivity contribution in [2.75, 3.05) is 49.1 Å². The van der Waals surface area contributed by atoms with E-state index in [0.717, 1.165) is 42.9 Å². The monoisotopic (exact) mass is 672 g/mol. The molecule has 0 saturated carbocycles. The SMILES string of the molecule is C=CCN(Cc1ccccc1)C(=O)[C@H]1[C@H]2C(=O)N(CCCCCO)C(C(=O)N(CC=C)c3ccc(N(CC)CC)cc3)C23CC[C@]1(C)S3. The minimum atomic E-state index is -0.715. The van der Waals surface area contributed by atoms with E-state index < -0.39 is 27.4 Å². The normalized spacial score (nSPS) is 25.5. The van der Waals surface area contributed by atoms with Crippen molar-refractivity contribution in [3.63, 3.8) is 0 Å². The summed E-state index contributed by atoms with van der Waals surface area (Å²) in [4.78, 5) is 52.0. The van der Waals surface area contributed by atoms with Gasteiger partial charge in [0.1, 0.15) is 6.04 Å². The number of hydrogen-bond donors (Lipinski definition) is 1. The quantitative estimate of drug-likeness (QED) is 0.166. The molecule has 1 N–H and O–H groups in total. The highest BCUT2D eigenvalue weighted by Crippen LogP contribution is 2.71. The Kier molecular flexibility index (Phi) is 11.4. The minimum absolute atomic E-state index is 0.0445. The molecule has 1 spiro atoms. The molecule has 5 rings (SSSR count). The van der Waals surface area contributed by atoms with Crippen LogP contribution in [0.3, 0.4) is 0 Å². The smallest absolute Gasteiger partial charge is 0.251 e. The van der Waals surface area contributed by atoms with Gasteiger partial charge in [0.05, 0.1) is 16.6 Å². The molecule has 0 radical (unpaired) electrons. The number of hydrogen-bond acceptors (Lipinski definition) is 6. The maximum absolute atomic E-state index is 15.0. The van der Waals surface area contributed by atoms with E-state index in [1.807, 2.05) is 59.5 Å². The van der Waals surface area contributed by atoms with Crippen molar-refractivity contribution in [2.45, 2.75) is 75.0 Å². The highest BCUT2D eigenvalue weighted by Gasteiger charge is 2.77. The predicted molar refractivity (Wildman–Crippen MR) is 196 cm³/mol. The Labute approximate surface area is 290 Å². The van der Waals surface area contributed by atoms with Gasteiger partial charge in [-0.05, 0) is 82.7 Å². The van der Waals surface area contributed by atoms with Crippen LogP contribution >= 0.6 is 11.8 Å². The molecule has 5 atom stereocenters. The number of amides is 3. The van der Waals surface area contributed by atoms with E-state index in [4.69, 9.17) is 0 Å². The number of thioether (sulfide) groups is 1. The zero-order chi connectivity index (χ0) is 34.5. The van der Waals surface area contributed by atoms with Crippen molar-refractivity contribution in [3.05, 3.63) is 85.5 Å². The van der Waals surface area contributed by atoms with Gasteiger partial charge in [0.2, 0.25) is 11.8 Å². The lowest BCUT2D eigenvalue weighted by atomic mass is 9.66. The number of aliphatic hydroxyl groups is 1. The Balaban J connectivity index is 1.52. The van der Waals surface area contributed by atoms with Gasteiger partial charge in [-0.25, -0.2) is 0 Å². The summed E-state index contributed by atoms with van der Waals surface area (Å²) in [5, 5.41) is 9.43. The topological polar surface area (TPSA) is 84.4 Å². The van der Waals surface area contributed by atoms with Crippen molar-refractivity contribution in [1.82, 2.24) is 9.80 Å². The summed E-state index contributed by atoms with van der Waals surface area (Å²) >= 11 is 1.70. The second-order valence-electron chi connectivity index (χ2n) is 13.5. The van der Waals surface area contributed by atoms with Crippen LogP contribution < -0.4 is 9.80 Å². The van der Waals surface area contributed by atoms with Crippen molar-refractivity contribution in [2.24, 2.45) is 11.8 Å². The first kappa shape index (κ1) is 35.7. The van der Waals surface area contributed by atoms with E-state index in [1.165, 1.54) is 0 Å². The molecule has 258 valence electrons. The first-order valence-electron chi connectivity index (χ1n) is 17.5. The van der Waals surface area contributed by atoms with E-state index in [2.05, 4.69) is 38.8 Å². The summed E-state index contributed by atoms with van der Waals surface area (Å²) in [5.41, 5.74) is 2.88. The Morgan fingerprint density at radius 1 is 0.938 bits per heavy atom. The number of aliphatic hydroxyl groups excluding tert-OH is 1. The van der Waals surface area contributed by atoms with Crippen LogP contribution in [0.4, 0.5) is 11.4 Å². The zero-order valence-electron chi connectivity index (χ0n) is 28.9. The van der Waals surface area contributed by atoms with Crippen molar-refractivity contribution >= 4 is 40.9 Å².